The average Bonchev–Trinajstić information content (AvgIpc) is 3.27. The molecule has 1 aromatic heterocycles. The van der Waals surface area contributed by atoms with E-state index in [9.17, 15) is 8.42 Å². The van der Waals surface area contributed by atoms with Crippen molar-refractivity contribution < 1.29 is 8.42 Å². The van der Waals surface area contributed by atoms with Crippen LogP contribution in [0.5, 0.6) is 0 Å². The summed E-state index contributed by atoms with van der Waals surface area (Å²) in [5.41, 5.74) is 7.60. The van der Waals surface area contributed by atoms with Crippen LogP contribution in [0.4, 0.5) is 5.13 Å². The van der Waals surface area contributed by atoms with Gasteiger partial charge < -0.3 is 4.90 Å². The molecule has 1 aliphatic heterocycles. The van der Waals surface area contributed by atoms with E-state index in [4.69, 9.17) is 4.98 Å². The molecule has 1 aliphatic rings. The van der Waals surface area contributed by atoms with E-state index in [1.165, 1.54) is 11.1 Å². The topological polar surface area (TPSA) is 50.3 Å². The van der Waals surface area contributed by atoms with Crippen LogP contribution in [-0.2, 0) is 22.7 Å². The average molecular weight is 483 g/mol. The summed E-state index contributed by atoms with van der Waals surface area (Å²) in [6, 6.07) is 10.8. The van der Waals surface area contributed by atoms with Crippen LogP contribution in [0.25, 0.3) is 0 Å². The molecule has 33 heavy (non-hydrogen) atoms. The van der Waals surface area contributed by atoms with E-state index in [1.807, 2.05) is 27.7 Å². The predicted molar refractivity (Wildman–Crippen MR) is 139 cm³/mol. The third-order valence-corrected chi connectivity index (χ3v) is 10.6. The Labute approximate surface area is 202 Å². The molecule has 0 saturated carbocycles. The molecule has 6 heteroatoms. The maximum Gasteiger partial charge on any atom is 0.185 e. The number of thiazole rings is 1. The molecule has 0 atom stereocenters. The molecule has 0 spiro atoms. The molecule has 0 amide bonds. The largest absolute Gasteiger partial charge is 0.348 e. The van der Waals surface area contributed by atoms with Gasteiger partial charge >= 0.3 is 0 Å². The zero-order chi connectivity index (χ0) is 23.8. The van der Waals surface area contributed by atoms with Crippen LogP contribution >= 0.6 is 11.3 Å². The van der Waals surface area contributed by atoms with Gasteiger partial charge in [0.05, 0.1) is 15.8 Å². The number of nitrogens with zero attached hydrogens (tertiary/aromatic N) is 2. The van der Waals surface area contributed by atoms with Crippen LogP contribution in [0.15, 0.2) is 40.6 Å². The first-order chi connectivity index (χ1) is 15.7. The van der Waals surface area contributed by atoms with Crippen molar-refractivity contribution in [3.63, 3.8) is 0 Å². The van der Waals surface area contributed by atoms with E-state index < -0.39 is 9.84 Å². The highest BCUT2D eigenvalue weighted by molar-refractivity contribution is 7.92. The Morgan fingerprint density at radius 1 is 0.970 bits per heavy atom. The van der Waals surface area contributed by atoms with E-state index in [2.05, 4.69) is 47.5 Å². The number of anilines is 1. The molecular formula is C27H34N2O2S2. The van der Waals surface area contributed by atoms with Gasteiger partial charge in [-0.1, -0.05) is 37.3 Å². The fourth-order valence-electron chi connectivity index (χ4n) is 4.76. The van der Waals surface area contributed by atoms with Gasteiger partial charge in [0, 0.05) is 24.9 Å². The highest BCUT2D eigenvalue weighted by Crippen LogP contribution is 2.34. The standard InChI is InChI=1S/C27H34N2O2S2/c1-6-22-7-9-23(10-8-22)16-24-17-32-27(28-24)29-13-11-25(12-14-29)33(30,31)26-20(4)18(2)15-19(3)21(26)5/h7-10,15,17,25H,6,11-14,16H2,1-5H3. The van der Waals surface area contributed by atoms with Crippen molar-refractivity contribution in [1.29, 1.82) is 0 Å². The van der Waals surface area contributed by atoms with Crippen LogP contribution in [-0.4, -0.2) is 31.7 Å². The second-order valence-corrected chi connectivity index (χ2v) is 12.3. The third-order valence-electron chi connectivity index (χ3n) is 7.09. The summed E-state index contributed by atoms with van der Waals surface area (Å²) in [5, 5.41) is 2.81. The monoisotopic (exact) mass is 482 g/mol. The summed E-state index contributed by atoms with van der Waals surface area (Å²) in [4.78, 5) is 7.67. The number of benzene rings is 2. The number of piperidine rings is 1. The minimum absolute atomic E-state index is 0.330. The lowest BCUT2D eigenvalue weighted by Gasteiger charge is -2.32. The smallest absolute Gasteiger partial charge is 0.185 e. The number of rotatable bonds is 6. The SMILES string of the molecule is CCc1ccc(Cc2csc(N3CCC(S(=O)(=O)c4c(C)c(C)cc(C)c4C)CC3)n2)cc1. The molecule has 1 saturated heterocycles. The number of sulfone groups is 1. The van der Waals surface area contributed by atoms with Crippen LogP contribution in [0.2, 0.25) is 0 Å². The van der Waals surface area contributed by atoms with Gasteiger partial charge in [0.25, 0.3) is 0 Å². The molecule has 0 aliphatic carbocycles. The fraction of sp³-hybridized carbons (Fsp3) is 0.444. The summed E-state index contributed by atoms with van der Waals surface area (Å²) in [6.07, 6.45) is 3.16. The Morgan fingerprint density at radius 3 is 2.12 bits per heavy atom. The summed E-state index contributed by atoms with van der Waals surface area (Å²) in [7, 11) is -3.36. The highest BCUT2D eigenvalue weighted by Gasteiger charge is 2.34. The van der Waals surface area contributed by atoms with Crippen molar-refractivity contribution in [1.82, 2.24) is 4.98 Å². The molecule has 0 radical (unpaired) electrons. The number of hydrogen-bond donors (Lipinski definition) is 0. The lowest BCUT2D eigenvalue weighted by molar-refractivity contribution is 0.528. The van der Waals surface area contributed by atoms with Gasteiger partial charge in [-0.3, -0.25) is 0 Å². The van der Waals surface area contributed by atoms with Gasteiger partial charge in [0.1, 0.15) is 0 Å². The molecule has 0 bridgehead atoms. The van der Waals surface area contributed by atoms with Crippen LogP contribution in [0, 0.1) is 27.7 Å². The molecular weight excluding hydrogens is 448 g/mol. The van der Waals surface area contributed by atoms with E-state index >= 15 is 0 Å². The van der Waals surface area contributed by atoms with Crippen molar-refractivity contribution in [2.75, 3.05) is 18.0 Å². The quantitative estimate of drug-likeness (QED) is 0.434. The summed E-state index contributed by atoms with van der Waals surface area (Å²) in [5.74, 6) is 0. The molecule has 4 rings (SSSR count). The lowest BCUT2D eigenvalue weighted by atomic mass is 10.0. The molecule has 0 unspecified atom stereocenters. The second kappa shape index (κ2) is 9.59. The normalized spacial score (nSPS) is 15.2. The van der Waals surface area contributed by atoms with E-state index in [0.717, 1.165) is 59.0 Å². The van der Waals surface area contributed by atoms with Crippen molar-refractivity contribution in [2.45, 2.75) is 70.4 Å². The van der Waals surface area contributed by atoms with Crippen LogP contribution < -0.4 is 4.90 Å². The molecule has 4 nitrogen and oxygen atoms in total. The first-order valence-corrected chi connectivity index (χ1v) is 14.2. The third kappa shape index (κ3) is 4.87. The molecule has 1 fully saturated rings. The Hall–Kier alpha value is -2.18. The van der Waals surface area contributed by atoms with E-state index in [-0.39, 0.29) is 5.25 Å². The van der Waals surface area contributed by atoms with Gasteiger partial charge in [-0.05, 0) is 80.3 Å². The summed E-state index contributed by atoms with van der Waals surface area (Å²) < 4.78 is 27.2. The van der Waals surface area contributed by atoms with Gasteiger partial charge in [0.2, 0.25) is 0 Å². The number of hydrogen-bond acceptors (Lipinski definition) is 5. The molecule has 2 aromatic carbocycles. The molecule has 3 aromatic rings. The predicted octanol–water partition coefficient (Wildman–Crippen LogP) is 5.97. The lowest BCUT2D eigenvalue weighted by Crippen LogP contribution is -2.39. The Kier molecular flexibility index (Phi) is 6.96. The van der Waals surface area contributed by atoms with Gasteiger partial charge in [-0.25, -0.2) is 13.4 Å². The van der Waals surface area contributed by atoms with Crippen LogP contribution in [0.1, 0.15) is 58.8 Å². The first kappa shape index (κ1) is 24.0. The molecule has 2 heterocycles. The van der Waals surface area contributed by atoms with Gasteiger partial charge in [-0.15, -0.1) is 11.3 Å². The zero-order valence-electron chi connectivity index (χ0n) is 20.3. The molecule has 176 valence electrons. The maximum atomic E-state index is 13.6. The number of aryl methyl sites for hydroxylation is 3. The Morgan fingerprint density at radius 2 is 1.55 bits per heavy atom. The minimum Gasteiger partial charge on any atom is -0.348 e. The van der Waals surface area contributed by atoms with Crippen molar-refractivity contribution in [3.8, 4) is 0 Å². The van der Waals surface area contributed by atoms with Crippen LogP contribution in [0.3, 0.4) is 0 Å². The van der Waals surface area contributed by atoms with Crippen molar-refractivity contribution in [3.05, 3.63) is 74.8 Å². The fourth-order valence-corrected chi connectivity index (χ4v) is 7.98. The van der Waals surface area contributed by atoms with Crippen molar-refractivity contribution >= 4 is 26.3 Å². The zero-order valence-corrected chi connectivity index (χ0v) is 21.9. The number of aromatic nitrogens is 1. The first-order valence-electron chi connectivity index (χ1n) is 11.8. The van der Waals surface area contributed by atoms with Crippen molar-refractivity contribution in [2.24, 2.45) is 0 Å². The Bertz CT molecular complexity index is 1210. The highest BCUT2D eigenvalue weighted by atomic mass is 32.2. The Balaban J connectivity index is 1.44. The molecule has 0 N–H and O–H groups in total. The van der Waals surface area contributed by atoms with E-state index in [0.29, 0.717) is 17.7 Å². The summed E-state index contributed by atoms with van der Waals surface area (Å²) >= 11 is 1.66. The van der Waals surface area contributed by atoms with E-state index in [1.54, 1.807) is 11.3 Å². The minimum atomic E-state index is -3.36. The second-order valence-electron chi connectivity index (χ2n) is 9.29. The van der Waals surface area contributed by atoms with Gasteiger partial charge in [0.15, 0.2) is 15.0 Å². The maximum absolute atomic E-state index is 13.6. The van der Waals surface area contributed by atoms with Gasteiger partial charge in [-0.2, -0.15) is 0 Å². The summed E-state index contributed by atoms with van der Waals surface area (Å²) in [6.45, 7) is 11.5.